The first-order valence-corrected chi connectivity index (χ1v) is 6.05. The Balaban J connectivity index is 1.83. The second-order valence-electron chi connectivity index (χ2n) is 4.55. The van der Waals surface area contributed by atoms with E-state index in [9.17, 15) is 9.90 Å². The van der Waals surface area contributed by atoms with Crippen LogP contribution < -0.4 is 19.5 Å². The van der Waals surface area contributed by atoms with Gasteiger partial charge < -0.3 is 24.3 Å². The van der Waals surface area contributed by atoms with E-state index in [1.807, 2.05) is 25.2 Å². The number of hydrogen-bond donors (Lipinski definition) is 1. The Kier molecular flexibility index (Phi) is 4.04. The van der Waals surface area contributed by atoms with E-state index in [1.165, 1.54) is 4.90 Å². The van der Waals surface area contributed by atoms with Gasteiger partial charge >= 0.3 is 0 Å². The number of aliphatic carboxylic acids is 1. The summed E-state index contributed by atoms with van der Waals surface area (Å²) < 4.78 is 10.6. The van der Waals surface area contributed by atoms with Gasteiger partial charge in [-0.3, -0.25) is 0 Å². The number of quaternary nitrogens is 1. The van der Waals surface area contributed by atoms with Gasteiger partial charge in [0.15, 0.2) is 11.5 Å². The molecule has 5 heteroatoms. The molecular weight excluding hydrogens is 234 g/mol. The molecule has 18 heavy (non-hydrogen) atoms. The predicted molar refractivity (Wildman–Crippen MR) is 62.3 cm³/mol. The maximum Gasteiger partial charge on any atom is 0.231 e. The van der Waals surface area contributed by atoms with Gasteiger partial charge in [0, 0.05) is 18.0 Å². The van der Waals surface area contributed by atoms with Gasteiger partial charge in [0.25, 0.3) is 0 Å². The molecule has 98 valence electrons. The maximum atomic E-state index is 10.3. The normalized spacial score (nSPS) is 14.5. The Bertz CT molecular complexity index is 433. The summed E-state index contributed by atoms with van der Waals surface area (Å²) in [7, 11) is 2.04. The Morgan fingerprint density at radius 1 is 1.39 bits per heavy atom. The molecular formula is C13H17NO4. The third-order valence-corrected chi connectivity index (χ3v) is 2.93. The first-order chi connectivity index (χ1) is 8.65. The number of benzene rings is 1. The minimum absolute atomic E-state index is 0.123. The average Bonchev–Trinajstić information content (AvgIpc) is 2.75. The fourth-order valence-electron chi connectivity index (χ4n) is 2.02. The number of carboxylic acid groups (broad SMARTS) is 1. The van der Waals surface area contributed by atoms with Gasteiger partial charge in [-0.15, -0.1) is 0 Å². The third-order valence-electron chi connectivity index (χ3n) is 2.93. The van der Waals surface area contributed by atoms with E-state index in [0.717, 1.165) is 30.2 Å². The number of carboxylic acids is 1. The number of carbonyl (C=O) groups excluding carboxylic acids is 1. The van der Waals surface area contributed by atoms with E-state index >= 15 is 0 Å². The van der Waals surface area contributed by atoms with Crippen molar-refractivity contribution in [3.05, 3.63) is 23.8 Å². The molecule has 1 unspecified atom stereocenters. The van der Waals surface area contributed by atoms with Crippen molar-refractivity contribution >= 4 is 5.97 Å². The van der Waals surface area contributed by atoms with Crippen LogP contribution in [0.4, 0.5) is 0 Å². The zero-order valence-corrected chi connectivity index (χ0v) is 10.4. The molecule has 1 heterocycles. The second kappa shape index (κ2) is 5.73. The lowest BCUT2D eigenvalue weighted by Crippen LogP contribution is -3.07. The maximum absolute atomic E-state index is 10.3. The highest BCUT2D eigenvalue weighted by atomic mass is 16.7. The first kappa shape index (κ1) is 12.7. The molecule has 1 aliphatic heterocycles. The van der Waals surface area contributed by atoms with Crippen LogP contribution in [0.5, 0.6) is 11.5 Å². The summed E-state index contributed by atoms with van der Waals surface area (Å²) in [6, 6.07) is 5.90. The van der Waals surface area contributed by atoms with Crippen molar-refractivity contribution in [2.45, 2.75) is 19.4 Å². The van der Waals surface area contributed by atoms with Crippen LogP contribution in [0.2, 0.25) is 0 Å². The van der Waals surface area contributed by atoms with Crippen molar-refractivity contribution in [3.63, 3.8) is 0 Å². The molecule has 0 spiro atoms. The van der Waals surface area contributed by atoms with Gasteiger partial charge in [-0.2, -0.15) is 0 Å². The Morgan fingerprint density at radius 3 is 2.94 bits per heavy atom. The minimum atomic E-state index is -0.981. The molecule has 1 aromatic carbocycles. The predicted octanol–water partition coefficient (Wildman–Crippen LogP) is -1.04. The SMILES string of the molecule is C[NH+](CCCC(=O)[O-])Cc1ccc2c(c1)OCO2. The van der Waals surface area contributed by atoms with E-state index in [-0.39, 0.29) is 13.2 Å². The van der Waals surface area contributed by atoms with Gasteiger partial charge in [0.05, 0.1) is 13.6 Å². The van der Waals surface area contributed by atoms with Gasteiger partial charge in [-0.05, 0) is 24.6 Å². The highest BCUT2D eigenvalue weighted by Crippen LogP contribution is 2.32. The van der Waals surface area contributed by atoms with Crippen LogP contribution in [0.1, 0.15) is 18.4 Å². The van der Waals surface area contributed by atoms with E-state index in [0.29, 0.717) is 6.42 Å². The Labute approximate surface area is 106 Å². The zero-order chi connectivity index (χ0) is 13.0. The average molecular weight is 251 g/mol. The van der Waals surface area contributed by atoms with Crippen LogP contribution in [-0.4, -0.2) is 26.4 Å². The van der Waals surface area contributed by atoms with Crippen molar-refractivity contribution in [1.82, 2.24) is 0 Å². The molecule has 0 aliphatic carbocycles. The molecule has 2 rings (SSSR count). The molecule has 1 aromatic rings. The van der Waals surface area contributed by atoms with Crippen molar-refractivity contribution in [2.75, 3.05) is 20.4 Å². The summed E-state index contributed by atoms with van der Waals surface area (Å²) in [5.74, 6) is 0.592. The van der Waals surface area contributed by atoms with Gasteiger partial charge in [-0.25, -0.2) is 0 Å². The fraction of sp³-hybridized carbons (Fsp3) is 0.462. The van der Waals surface area contributed by atoms with Gasteiger partial charge in [0.2, 0.25) is 6.79 Å². The van der Waals surface area contributed by atoms with Crippen LogP contribution in [0.15, 0.2) is 18.2 Å². The summed E-state index contributed by atoms with van der Waals surface area (Å²) in [5.41, 5.74) is 1.16. The first-order valence-electron chi connectivity index (χ1n) is 6.05. The topological polar surface area (TPSA) is 63.0 Å². The Hall–Kier alpha value is -1.75. The number of nitrogens with one attached hydrogen (secondary N) is 1. The van der Waals surface area contributed by atoms with E-state index in [4.69, 9.17) is 9.47 Å². The number of carbonyl (C=O) groups is 1. The minimum Gasteiger partial charge on any atom is -0.550 e. The van der Waals surface area contributed by atoms with Crippen LogP contribution in [0.3, 0.4) is 0 Å². The molecule has 0 aromatic heterocycles. The molecule has 0 radical (unpaired) electrons. The molecule has 1 N–H and O–H groups in total. The van der Waals surface area contributed by atoms with Gasteiger partial charge in [0.1, 0.15) is 6.54 Å². The molecule has 5 nitrogen and oxygen atoms in total. The second-order valence-corrected chi connectivity index (χ2v) is 4.55. The lowest BCUT2D eigenvalue weighted by Gasteiger charge is -2.14. The summed E-state index contributed by atoms with van der Waals surface area (Å²) in [5, 5.41) is 10.3. The third kappa shape index (κ3) is 3.37. The van der Waals surface area contributed by atoms with Crippen molar-refractivity contribution in [3.8, 4) is 11.5 Å². The number of rotatable bonds is 6. The zero-order valence-electron chi connectivity index (χ0n) is 10.4. The monoisotopic (exact) mass is 251 g/mol. The summed E-state index contributed by atoms with van der Waals surface area (Å²) in [6.07, 6.45) is 0.761. The highest BCUT2D eigenvalue weighted by molar-refractivity contribution is 5.64. The van der Waals surface area contributed by atoms with Crippen LogP contribution >= 0.6 is 0 Å². The molecule has 0 saturated heterocycles. The standard InChI is InChI=1S/C13H17NO4/c1-14(6-2-3-13(15)16)8-10-4-5-11-12(7-10)18-9-17-11/h4-5,7H,2-3,6,8-9H2,1H3,(H,15,16). The number of hydrogen-bond acceptors (Lipinski definition) is 4. The largest absolute Gasteiger partial charge is 0.550 e. The Morgan fingerprint density at radius 2 is 2.17 bits per heavy atom. The molecule has 1 atom stereocenters. The molecule has 0 amide bonds. The van der Waals surface area contributed by atoms with Crippen LogP contribution in [0.25, 0.3) is 0 Å². The molecule has 0 fully saturated rings. The molecule has 0 saturated carbocycles. The molecule has 0 bridgehead atoms. The summed E-state index contributed by atoms with van der Waals surface area (Å²) in [6.45, 7) is 1.93. The van der Waals surface area contributed by atoms with Crippen molar-refractivity contribution < 1.29 is 24.3 Å². The fourth-order valence-corrected chi connectivity index (χ4v) is 2.02. The van der Waals surface area contributed by atoms with Crippen LogP contribution in [0, 0.1) is 0 Å². The smallest absolute Gasteiger partial charge is 0.231 e. The number of ether oxygens (including phenoxy) is 2. The number of fused-ring (bicyclic) bond motifs is 1. The lowest BCUT2D eigenvalue weighted by molar-refractivity contribution is -0.893. The summed E-state index contributed by atoms with van der Waals surface area (Å²) >= 11 is 0. The molecule has 1 aliphatic rings. The van der Waals surface area contributed by atoms with Crippen molar-refractivity contribution in [1.29, 1.82) is 0 Å². The lowest BCUT2D eigenvalue weighted by atomic mass is 10.2. The van der Waals surface area contributed by atoms with Crippen molar-refractivity contribution in [2.24, 2.45) is 0 Å². The highest BCUT2D eigenvalue weighted by Gasteiger charge is 2.14. The summed E-state index contributed by atoms with van der Waals surface area (Å²) in [4.78, 5) is 11.6. The van der Waals surface area contributed by atoms with E-state index in [1.54, 1.807) is 0 Å². The van der Waals surface area contributed by atoms with E-state index < -0.39 is 5.97 Å². The quantitative estimate of drug-likeness (QED) is 0.701. The van der Waals surface area contributed by atoms with E-state index in [2.05, 4.69) is 0 Å². The van der Waals surface area contributed by atoms with Crippen LogP contribution in [-0.2, 0) is 11.3 Å². The van der Waals surface area contributed by atoms with Gasteiger partial charge in [-0.1, -0.05) is 0 Å².